The molecule has 0 aliphatic rings. The van der Waals surface area contributed by atoms with Gasteiger partial charge in [0.1, 0.15) is 12.3 Å². The minimum absolute atomic E-state index is 0.182. The Hall–Kier alpha value is -2.29. The van der Waals surface area contributed by atoms with E-state index >= 15 is 0 Å². The van der Waals surface area contributed by atoms with Crippen molar-refractivity contribution in [3.05, 3.63) is 58.1 Å². The predicted molar refractivity (Wildman–Crippen MR) is 121 cm³/mol. The molecule has 2 aromatic carbocycles. The van der Waals surface area contributed by atoms with E-state index in [-0.39, 0.29) is 15.7 Å². The molecule has 0 atom stereocenters. The quantitative estimate of drug-likeness (QED) is 0.442. The standard InChI is InChI=1S/C20H23Cl2N3O4S/c1-14(2)13-29-17-7-4-15(5-8-17)11-23-24-20(26)12-25(30(3,27)28)16-6-9-18(21)19(22)10-16/h4-11,14H,12-13H2,1-3H3,(H,24,26)/b23-11-. The molecule has 10 heteroatoms. The monoisotopic (exact) mass is 471 g/mol. The van der Waals surface area contributed by atoms with E-state index in [9.17, 15) is 13.2 Å². The molecule has 30 heavy (non-hydrogen) atoms. The zero-order chi connectivity index (χ0) is 22.3. The number of carbonyl (C=O) groups excluding carboxylic acids is 1. The number of nitrogens with zero attached hydrogens (tertiary/aromatic N) is 2. The molecule has 0 heterocycles. The number of halogens is 2. The Kier molecular flexibility index (Phi) is 8.52. The predicted octanol–water partition coefficient (Wildman–Crippen LogP) is 3.94. The summed E-state index contributed by atoms with van der Waals surface area (Å²) in [6.07, 6.45) is 2.45. The van der Waals surface area contributed by atoms with Crippen molar-refractivity contribution < 1.29 is 17.9 Å². The van der Waals surface area contributed by atoms with Gasteiger partial charge in [0.2, 0.25) is 10.0 Å². The summed E-state index contributed by atoms with van der Waals surface area (Å²) >= 11 is 11.8. The number of rotatable bonds is 9. The molecule has 2 rings (SSSR count). The van der Waals surface area contributed by atoms with Crippen LogP contribution in [0.3, 0.4) is 0 Å². The first-order chi connectivity index (χ1) is 14.1. The number of hydrogen-bond acceptors (Lipinski definition) is 5. The van der Waals surface area contributed by atoms with Gasteiger partial charge in [-0.2, -0.15) is 5.10 Å². The van der Waals surface area contributed by atoms with E-state index in [4.69, 9.17) is 27.9 Å². The lowest BCUT2D eigenvalue weighted by atomic mass is 10.2. The Morgan fingerprint density at radius 1 is 1.17 bits per heavy atom. The normalized spacial score (nSPS) is 11.7. The maximum atomic E-state index is 12.2. The van der Waals surface area contributed by atoms with Crippen LogP contribution >= 0.6 is 23.2 Å². The molecular formula is C20H23Cl2N3O4S. The number of ether oxygens (including phenoxy) is 1. The van der Waals surface area contributed by atoms with Crippen LogP contribution in [0.25, 0.3) is 0 Å². The first-order valence-corrected chi connectivity index (χ1v) is 11.6. The number of nitrogens with one attached hydrogen (secondary N) is 1. The molecule has 0 bridgehead atoms. The molecule has 0 aromatic heterocycles. The van der Waals surface area contributed by atoms with E-state index in [1.165, 1.54) is 24.4 Å². The van der Waals surface area contributed by atoms with Crippen molar-refractivity contribution in [1.82, 2.24) is 5.43 Å². The molecule has 0 aliphatic heterocycles. The summed E-state index contributed by atoms with van der Waals surface area (Å²) < 4.78 is 30.7. The average Bonchev–Trinajstić information content (AvgIpc) is 2.67. The highest BCUT2D eigenvalue weighted by molar-refractivity contribution is 7.92. The van der Waals surface area contributed by atoms with Gasteiger partial charge in [0.15, 0.2) is 0 Å². The van der Waals surface area contributed by atoms with E-state index in [0.717, 1.165) is 21.9 Å². The van der Waals surface area contributed by atoms with E-state index in [0.29, 0.717) is 12.5 Å². The van der Waals surface area contributed by atoms with Crippen LogP contribution in [0.4, 0.5) is 5.69 Å². The average molecular weight is 472 g/mol. The van der Waals surface area contributed by atoms with E-state index in [1.807, 2.05) is 0 Å². The fraction of sp³-hybridized carbons (Fsp3) is 0.300. The molecule has 0 unspecified atom stereocenters. The van der Waals surface area contributed by atoms with Gasteiger partial charge >= 0.3 is 0 Å². The van der Waals surface area contributed by atoms with Crippen molar-refractivity contribution in [2.45, 2.75) is 13.8 Å². The molecule has 1 amide bonds. The second kappa shape index (κ2) is 10.7. The van der Waals surface area contributed by atoms with Gasteiger partial charge in [0.05, 0.1) is 34.8 Å². The van der Waals surface area contributed by atoms with Crippen LogP contribution in [0.1, 0.15) is 19.4 Å². The van der Waals surface area contributed by atoms with Crippen molar-refractivity contribution in [3.63, 3.8) is 0 Å². The maximum Gasteiger partial charge on any atom is 0.260 e. The molecule has 0 spiro atoms. The molecule has 0 aliphatic carbocycles. The SMILES string of the molecule is CC(C)COc1ccc(/C=N\NC(=O)CN(c2ccc(Cl)c(Cl)c2)S(C)(=O)=O)cc1. The van der Waals surface area contributed by atoms with Crippen LogP contribution in [-0.4, -0.2) is 39.9 Å². The summed E-state index contributed by atoms with van der Waals surface area (Å²) in [6, 6.07) is 11.5. The van der Waals surface area contributed by atoms with Crippen molar-refractivity contribution in [2.75, 3.05) is 23.7 Å². The molecule has 0 radical (unpaired) electrons. The van der Waals surface area contributed by atoms with Gasteiger partial charge in [-0.15, -0.1) is 0 Å². The van der Waals surface area contributed by atoms with Crippen molar-refractivity contribution in [1.29, 1.82) is 0 Å². The lowest BCUT2D eigenvalue weighted by Gasteiger charge is -2.21. The Balaban J connectivity index is 1.99. The highest BCUT2D eigenvalue weighted by atomic mass is 35.5. The molecule has 7 nitrogen and oxygen atoms in total. The molecule has 1 N–H and O–H groups in total. The summed E-state index contributed by atoms with van der Waals surface area (Å²) in [6.45, 7) is 4.29. The second-order valence-corrected chi connectivity index (χ2v) is 9.66. The van der Waals surface area contributed by atoms with Gasteiger partial charge in [-0.1, -0.05) is 37.0 Å². The van der Waals surface area contributed by atoms with Gasteiger partial charge in [-0.25, -0.2) is 13.8 Å². The number of carbonyl (C=O) groups is 1. The van der Waals surface area contributed by atoms with E-state index in [2.05, 4.69) is 24.4 Å². The third kappa shape index (κ3) is 7.51. The first-order valence-electron chi connectivity index (χ1n) is 9.04. The fourth-order valence-corrected chi connectivity index (χ4v) is 3.44. The highest BCUT2D eigenvalue weighted by Gasteiger charge is 2.21. The largest absolute Gasteiger partial charge is 0.493 e. The Morgan fingerprint density at radius 2 is 1.83 bits per heavy atom. The minimum atomic E-state index is -3.73. The summed E-state index contributed by atoms with van der Waals surface area (Å²) in [5, 5.41) is 4.34. The molecule has 2 aromatic rings. The summed E-state index contributed by atoms with van der Waals surface area (Å²) in [7, 11) is -3.73. The van der Waals surface area contributed by atoms with Gasteiger partial charge in [-0.3, -0.25) is 9.10 Å². The molecule has 162 valence electrons. The number of benzene rings is 2. The van der Waals surface area contributed by atoms with Crippen molar-refractivity contribution in [2.24, 2.45) is 11.0 Å². The highest BCUT2D eigenvalue weighted by Crippen LogP contribution is 2.28. The third-order valence-corrected chi connectivity index (χ3v) is 5.62. The Bertz CT molecular complexity index is 1010. The van der Waals surface area contributed by atoms with Gasteiger partial charge in [0, 0.05) is 0 Å². The third-order valence-electron chi connectivity index (χ3n) is 3.75. The number of sulfonamides is 1. The van der Waals surface area contributed by atoms with Crippen LogP contribution in [0.2, 0.25) is 10.0 Å². The molecule has 0 saturated heterocycles. The van der Waals surface area contributed by atoms with Gasteiger partial charge < -0.3 is 4.74 Å². The van der Waals surface area contributed by atoms with Crippen LogP contribution in [0.5, 0.6) is 5.75 Å². The number of hydrazone groups is 1. The number of hydrogen-bond donors (Lipinski definition) is 1. The van der Waals surface area contributed by atoms with Crippen LogP contribution < -0.4 is 14.5 Å². The Labute approximate surface area is 186 Å². The minimum Gasteiger partial charge on any atom is -0.493 e. The zero-order valence-corrected chi connectivity index (χ0v) is 19.1. The molecular weight excluding hydrogens is 449 g/mol. The summed E-state index contributed by atoms with van der Waals surface area (Å²) in [4.78, 5) is 12.2. The van der Waals surface area contributed by atoms with Crippen molar-refractivity contribution in [3.8, 4) is 5.75 Å². The van der Waals surface area contributed by atoms with E-state index in [1.54, 1.807) is 24.3 Å². The molecule has 0 fully saturated rings. The van der Waals surface area contributed by atoms with Gasteiger partial charge in [-0.05, 0) is 53.9 Å². The second-order valence-electron chi connectivity index (χ2n) is 6.94. The summed E-state index contributed by atoms with van der Waals surface area (Å²) in [5.41, 5.74) is 3.29. The number of anilines is 1. The zero-order valence-electron chi connectivity index (χ0n) is 16.8. The smallest absolute Gasteiger partial charge is 0.260 e. The van der Waals surface area contributed by atoms with Crippen LogP contribution in [0.15, 0.2) is 47.6 Å². The van der Waals surface area contributed by atoms with Crippen LogP contribution in [-0.2, 0) is 14.8 Å². The van der Waals surface area contributed by atoms with E-state index < -0.39 is 22.5 Å². The van der Waals surface area contributed by atoms with Crippen LogP contribution in [0, 0.1) is 5.92 Å². The van der Waals surface area contributed by atoms with Gasteiger partial charge in [0.25, 0.3) is 5.91 Å². The topological polar surface area (TPSA) is 88.1 Å². The fourth-order valence-electron chi connectivity index (χ4n) is 2.30. The lowest BCUT2D eigenvalue weighted by molar-refractivity contribution is -0.119. The maximum absolute atomic E-state index is 12.2. The lowest BCUT2D eigenvalue weighted by Crippen LogP contribution is -2.39. The first kappa shape index (κ1) is 24.0. The summed E-state index contributed by atoms with van der Waals surface area (Å²) in [5.74, 6) is 0.562. The number of amides is 1. The Morgan fingerprint density at radius 3 is 2.40 bits per heavy atom. The molecule has 0 saturated carbocycles. The van der Waals surface area contributed by atoms with Crippen molar-refractivity contribution >= 4 is 51.0 Å².